The molecular formula is C22H22N2O5. The maximum atomic E-state index is 13.0. The van der Waals surface area contributed by atoms with E-state index in [0.29, 0.717) is 22.4 Å². The van der Waals surface area contributed by atoms with Crippen LogP contribution in [0.3, 0.4) is 0 Å². The van der Waals surface area contributed by atoms with Crippen LogP contribution in [-0.4, -0.2) is 41.2 Å². The van der Waals surface area contributed by atoms with Crippen molar-refractivity contribution in [2.75, 3.05) is 11.9 Å². The molecule has 3 rings (SSSR count). The number of nitrogens with zero attached hydrogens (tertiary/aromatic N) is 1. The third kappa shape index (κ3) is 3.89. The number of benzene rings is 2. The van der Waals surface area contributed by atoms with Gasteiger partial charge in [-0.05, 0) is 49.2 Å². The molecule has 0 aromatic heterocycles. The van der Waals surface area contributed by atoms with Gasteiger partial charge in [-0.3, -0.25) is 19.3 Å². The number of ether oxygens (including phenoxy) is 1. The van der Waals surface area contributed by atoms with Crippen molar-refractivity contribution in [2.45, 2.75) is 26.8 Å². The molecule has 1 N–H and O–H groups in total. The van der Waals surface area contributed by atoms with Crippen LogP contribution in [-0.2, 0) is 9.53 Å². The van der Waals surface area contributed by atoms with Gasteiger partial charge in [-0.25, -0.2) is 4.79 Å². The van der Waals surface area contributed by atoms with Crippen LogP contribution in [0, 0.1) is 5.92 Å². The minimum absolute atomic E-state index is 0.271. The van der Waals surface area contributed by atoms with E-state index in [1.54, 1.807) is 69.3 Å². The molecule has 7 nitrogen and oxygen atoms in total. The molecule has 0 spiro atoms. The van der Waals surface area contributed by atoms with E-state index in [1.807, 2.05) is 0 Å². The number of hydrogen-bond donors (Lipinski definition) is 1. The van der Waals surface area contributed by atoms with Crippen molar-refractivity contribution in [3.63, 3.8) is 0 Å². The van der Waals surface area contributed by atoms with Gasteiger partial charge in [0.25, 0.3) is 11.8 Å². The smallest absolute Gasteiger partial charge is 0.338 e. The van der Waals surface area contributed by atoms with Crippen molar-refractivity contribution in [1.82, 2.24) is 4.90 Å². The van der Waals surface area contributed by atoms with Gasteiger partial charge in [0.05, 0.1) is 23.3 Å². The first-order valence-corrected chi connectivity index (χ1v) is 9.40. The highest BCUT2D eigenvalue weighted by atomic mass is 16.5. The Bertz CT molecular complexity index is 930. The Hall–Kier alpha value is -3.48. The lowest BCUT2D eigenvalue weighted by atomic mass is 10.0. The van der Waals surface area contributed by atoms with E-state index in [1.165, 1.54) is 0 Å². The Kier molecular flexibility index (Phi) is 5.77. The van der Waals surface area contributed by atoms with Gasteiger partial charge in [-0.15, -0.1) is 0 Å². The number of hydrogen-bond acceptors (Lipinski definition) is 5. The molecular weight excluding hydrogens is 372 g/mol. The summed E-state index contributed by atoms with van der Waals surface area (Å²) in [5.74, 6) is -2.17. The number of fused-ring (bicyclic) bond motifs is 1. The molecule has 2 aromatic rings. The average molecular weight is 394 g/mol. The van der Waals surface area contributed by atoms with Crippen molar-refractivity contribution >= 4 is 29.4 Å². The van der Waals surface area contributed by atoms with Crippen LogP contribution in [0.5, 0.6) is 0 Å². The van der Waals surface area contributed by atoms with Gasteiger partial charge in [0.2, 0.25) is 5.91 Å². The van der Waals surface area contributed by atoms with E-state index < -0.39 is 29.7 Å². The zero-order chi connectivity index (χ0) is 21.1. The van der Waals surface area contributed by atoms with E-state index in [0.717, 1.165) is 4.90 Å². The molecule has 0 radical (unpaired) electrons. The summed E-state index contributed by atoms with van der Waals surface area (Å²) < 4.78 is 4.93. The van der Waals surface area contributed by atoms with Gasteiger partial charge < -0.3 is 10.1 Å². The van der Waals surface area contributed by atoms with Crippen molar-refractivity contribution in [3.8, 4) is 0 Å². The molecule has 1 aliphatic rings. The molecule has 0 bridgehead atoms. The predicted octanol–water partition coefficient (Wildman–Crippen LogP) is 3.12. The zero-order valence-electron chi connectivity index (χ0n) is 16.5. The van der Waals surface area contributed by atoms with Crippen LogP contribution < -0.4 is 5.32 Å². The molecule has 29 heavy (non-hydrogen) atoms. The Balaban J connectivity index is 1.80. The largest absolute Gasteiger partial charge is 0.462 e. The molecule has 0 fully saturated rings. The van der Waals surface area contributed by atoms with Crippen LogP contribution in [0.2, 0.25) is 0 Å². The highest BCUT2D eigenvalue weighted by molar-refractivity contribution is 6.23. The number of esters is 1. The van der Waals surface area contributed by atoms with Gasteiger partial charge in [0.1, 0.15) is 6.04 Å². The highest BCUT2D eigenvalue weighted by Gasteiger charge is 2.43. The van der Waals surface area contributed by atoms with Crippen LogP contribution in [0.25, 0.3) is 0 Å². The van der Waals surface area contributed by atoms with E-state index in [4.69, 9.17) is 4.74 Å². The molecule has 0 unspecified atom stereocenters. The second kappa shape index (κ2) is 8.26. The summed E-state index contributed by atoms with van der Waals surface area (Å²) in [6, 6.07) is 11.8. The Morgan fingerprint density at radius 1 is 0.966 bits per heavy atom. The van der Waals surface area contributed by atoms with E-state index >= 15 is 0 Å². The normalized spacial score (nSPS) is 14.0. The van der Waals surface area contributed by atoms with Gasteiger partial charge in [0.15, 0.2) is 0 Å². The van der Waals surface area contributed by atoms with E-state index in [9.17, 15) is 19.2 Å². The zero-order valence-corrected chi connectivity index (χ0v) is 16.5. The van der Waals surface area contributed by atoms with Crippen molar-refractivity contribution in [2.24, 2.45) is 5.92 Å². The first kappa shape index (κ1) is 20.3. The molecule has 150 valence electrons. The lowest BCUT2D eigenvalue weighted by Gasteiger charge is -2.28. The van der Waals surface area contributed by atoms with Crippen LogP contribution in [0.4, 0.5) is 5.69 Å². The molecule has 3 amide bonds. The highest BCUT2D eigenvalue weighted by Crippen LogP contribution is 2.27. The summed E-state index contributed by atoms with van der Waals surface area (Å²) in [7, 11) is 0. The quantitative estimate of drug-likeness (QED) is 0.600. The molecule has 1 aliphatic heterocycles. The monoisotopic (exact) mass is 394 g/mol. The molecule has 0 saturated heterocycles. The molecule has 0 aliphatic carbocycles. The Morgan fingerprint density at radius 2 is 1.52 bits per heavy atom. The van der Waals surface area contributed by atoms with Gasteiger partial charge in [0, 0.05) is 5.69 Å². The van der Waals surface area contributed by atoms with Crippen molar-refractivity contribution < 1.29 is 23.9 Å². The van der Waals surface area contributed by atoms with E-state index in [2.05, 4.69) is 5.32 Å². The van der Waals surface area contributed by atoms with Gasteiger partial charge in [-0.1, -0.05) is 26.0 Å². The van der Waals surface area contributed by atoms with Gasteiger partial charge in [-0.2, -0.15) is 0 Å². The van der Waals surface area contributed by atoms with Crippen LogP contribution in [0.1, 0.15) is 51.8 Å². The third-order valence-corrected chi connectivity index (χ3v) is 4.67. The number of carbonyl (C=O) groups is 4. The maximum absolute atomic E-state index is 13.0. The second-order valence-corrected chi connectivity index (χ2v) is 7.00. The van der Waals surface area contributed by atoms with E-state index in [-0.39, 0.29) is 12.5 Å². The molecule has 0 saturated carbocycles. The lowest BCUT2D eigenvalue weighted by molar-refractivity contribution is -0.121. The van der Waals surface area contributed by atoms with Crippen molar-refractivity contribution in [1.29, 1.82) is 0 Å². The molecule has 1 heterocycles. The fourth-order valence-corrected chi connectivity index (χ4v) is 3.30. The Morgan fingerprint density at radius 3 is 2.00 bits per heavy atom. The fourth-order valence-electron chi connectivity index (χ4n) is 3.30. The molecule has 7 heteroatoms. The SMILES string of the molecule is CCOC(=O)c1ccc(NC(=O)[C@@H](C(C)C)N2C(=O)c3ccccc3C2=O)cc1. The first-order valence-electron chi connectivity index (χ1n) is 9.40. The molecule has 1 atom stereocenters. The fraction of sp³-hybridized carbons (Fsp3) is 0.273. The third-order valence-electron chi connectivity index (χ3n) is 4.67. The van der Waals surface area contributed by atoms with Crippen molar-refractivity contribution in [3.05, 3.63) is 65.2 Å². The number of rotatable bonds is 6. The number of carbonyl (C=O) groups excluding carboxylic acids is 4. The standard InChI is InChI=1S/C22H22N2O5/c1-4-29-22(28)14-9-11-15(12-10-14)23-19(25)18(13(2)3)24-20(26)16-7-5-6-8-17(16)21(24)27/h5-13,18H,4H2,1-3H3,(H,23,25)/t18-/m1/s1. The average Bonchev–Trinajstić information content (AvgIpc) is 2.94. The minimum Gasteiger partial charge on any atom is -0.462 e. The Labute approximate surface area is 168 Å². The summed E-state index contributed by atoms with van der Waals surface area (Å²) in [5, 5.41) is 2.73. The number of anilines is 1. The second-order valence-electron chi connectivity index (χ2n) is 7.00. The van der Waals surface area contributed by atoms with Crippen LogP contribution >= 0.6 is 0 Å². The molecule has 2 aromatic carbocycles. The minimum atomic E-state index is -0.966. The van der Waals surface area contributed by atoms with Crippen LogP contribution in [0.15, 0.2) is 48.5 Å². The summed E-state index contributed by atoms with van der Waals surface area (Å²) in [6.07, 6.45) is 0. The predicted molar refractivity (Wildman–Crippen MR) is 107 cm³/mol. The van der Waals surface area contributed by atoms with Gasteiger partial charge >= 0.3 is 5.97 Å². The lowest BCUT2D eigenvalue weighted by Crippen LogP contribution is -2.50. The summed E-state index contributed by atoms with van der Waals surface area (Å²) in [5.41, 5.74) is 1.42. The number of imide groups is 1. The summed E-state index contributed by atoms with van der Waals surface area (Å²) in [4.78, 5) is 51.2. The first-order chi connectivity index (χ1) is 13.8. The maximum Gasteiger partial charge on any atom is 0.338 e. The number of nitrogens with one attached hydrogen (secondary N) is 1. The summed E-state index contributed by atoms with van der Waals surface area (Å²) in [6.45, 7) is 5.54. The summed E-state index contributed by atoms with van der Waals surface area (Å²) >= 11 is 0. The number of amides is 3. The topological polar surface area (TPSA) is 92.8 Å².